The number of aliphatic hydroxyl groups is 1. The number of nitrogens with one attached hydrogen (secondary N) is 1. The van der Waals surface area contributed by atoms with Crippen molar-refractivity contribution in [2.24, 2.45) is 0 Å². The topological polar surface area (TPSA) is 50.7 Å². The zero-order valence-electron chi connectivity index (χ0n) is 12.2. The highest BCUT2D eigenvalue weighted by Gasteiger charge is 2.04. The Labute approximate surface area is 125 Å². The average molecular weight is 287 g/mol. The third-order valence-electron chi connectivity index (χ3n) is 2.87. The number of para-hydroxylation sites is 1. The monoisotopic (exact) mass is 287 g/mol. The lowest BCUT2D eigenvalue weighted by atomic mass is 10.2. The van der Waals surface area contributed by atoms with Crippen LogP contribution in [-0.2, 0) is 4.74 Å². The molecule has 1 atom stereocenters. The summed E-state index contributed by atoms with van der Waals surface area (Å²) in [5.74, 6) is 1.55. The van der Waals surface area contributed by atoms with Gasteiger partial charge in [-0.05, 0) is 31.2 Å². The summed E-state index contributed by atoms with van der Waals surface area (Å²) in [4.78, 5) is 0. The minimum absolute atomic E-state index is 0.337. The van der Waals surface area contributed by atoms with Crippen LogP contribution in [0.5, 0.6) is 11.5 Å². The first kappa shape index (κ1) is 15.4. The minimum Gasteiger partial charge on any atom is -0.457 e. The largest absolute Gasteiger partial charge is 0.457 e. The van der Waals surface area contributed by atoms with Crippen molar-refractivity contribution >= 4 is 5.69 Å². The van der Waals surface area contributed by atoms with Crippen LogP contribution >= 0.6 is 0 Å². The Bertz CT molecular complexity index is 531. The zero-order chi connectivity index (χ0) is 14.9. The van der Waals surface area contributed by atoms with Crippen LogP contribution in [-0.4, -0.2) is 31.0 Å². The van der Waals surface area contributed by atoms with Gasteiger partial charge in [0.2, 0.25) is 0 Å². The van der Waals surface area contributed by atoms with E-state index in [0.717, 1.165) is 17.2 Å². The van der Waals surface area contributed by atoms with E-state index in [0.29, 0.717) is 19.8 Å². The molecule has 0 heterocycles. The summed E-state index contributed by atoms with van der Waals surface area (Å²) in [5.41, 5.74) is 0.902. The van der Waals surface area contributed by atoms with Crippen LogP contribution in [0.15, 0.2) is 54.6 Å². The van der Waals surface area contributed by atoms with Crippen molar-refractivity contribution < 1.29 is 14.6 Å². The predicted octanol–water partition coefficient (Wildman–Crippen LogP) is 3.29. The predicted molar refractivity (Wildman–Crippen MR) is 83.9 cm³/mol. The van der Waals surface area contributed by atoms with Gasteiger partial charge in [-0.25, -0.2) is 0 Å². The normalized spacial score (nSPS) is 11.9. The summed E-state index contributed by atoms with van der Waals surface area (Å²) in [6.45, 7) is 3.29. The fourth-order valence-corrected chi connectivity index (χ4v) is 1.84. The molecule has 0 aliphatic rings. The number of anilines is 1. The maximum absolute atomic E-state index is 9.73. The Balaban J connectivity index is 1.89. The first-order valence-electron chi connectivity index (χ1n) is 7.10. The van der Waals surface area contributed by atoms with E-state index in [1.54, 1.807) is 0 Å². The van der Waals surface area contributed by atoms with Gasteiger partial charge in [-0.1, -0.05) is 24.3 Å². The van der Waals surface area contributed by atoms with Crippen LogP contribution in [0.3, 0.4) is 0 Å². The van der Waals surface area contributed by atoms with Crippen LogP contribution in [0.1, 0.15) is 6.92 Å². The second kappa shape index (κ2) is 8.29. The van der Waals surface area contributed by atoms with E-state index in [1.807, 2.05) is 61.5 Å². The molecule has 0 aliphatic carbocycles. The van der Waals surface area contributed by atoms with Crippen LogP contribution < -0.4 is 10.1 Å². The third kappa shape index (κ3) is 5.45. The van der Waals surface area contributed by atoms with Crippen LogP contribution in [0.25, 0.3) is 0 Å². The second-order valence-corrected chi connectivity index (χ2v) is 4.64. The summed E-state index contributed by atoms with van der Waals surface area (Å²) in [5, 5.41) is 12.9. The van der Waals surface area contributed by atoms with Gasteiger partial charge in [-0.2, -0.15) is 0 Å². The van der Waals surface area contributed by atoms with Crippen molar-refractivity contribution in [2.75, 3.05) is 25.1 Å². The summed E-state index contributed by atoms with van der Waals surface area (Å²) in [7, 11) is 0. The van der Waals surface area contributed by atoms with Crippen molar-refractivity contribution in [3.63, 3.8) is 0 Å². The molecule has 2 N–H and O–H groups in total. The van der Waals surface area contributed by atoms with Gasteiger partial charge in [0, 0.05) is 24.9 Å². The first-order chi connectivity index (χ1) is 10.3. The Morgan fingerprint density at radius 1 is 1.05 bits per heavy atom. The summed E-state index contributed by atoms with van der Waals surface area (Å²) < 4.78 is 10.9. The van der Waals surface area contributed by atoms with E-state index < -0.39 is 6.10 Å². The molecule has 0 amide bonds. The van der Waals surface area contributed by atoms with E-state index in [1.165, 1.54) is 0 Å². The lowest BCUT2D eigenvalue weighted by molar-refractivity contribution is 0.0496. The second-order valence-electron chi connectivity index (χ2n) is 4.64. The molecule has 4 heteroatoms. The van der Waals surface area contributed by atoms with E-state index in [-0.39, 0.29) is 0 Å². The number of aliphatic hydroxyl groups excluding tert-OH is 1. The van der Waals surface area contributed by atoms with Gasteiger partial charge in [-0.3, -0.25) is 0 Å². The molecule has 2 aromatic carbocycles. The molecule has 1 unspecified atom stereocenters. The molecule has 0 fully saturated rings. The maximum atomic E-state index is 9.73. The number of ether oxygens (including phenoxy) is 2. The summed E-state index contributed by atoms with van der Waals surface area (Å²) >= 11 is 0. The molecule has 2 aromatic rings. The first-order valence-corrected chi connectivity index (χ1v) is 7.10. The van der Waals surface area contributed by atoms with E-state index >= 15 is 0 Å². The standard InChI is InChI=1S/C17H21NO3/c1-2-20-13-15(19)12-18-14-7-6-10-17(11-14)21-16-8-4-3-5-9-16/h3-11,15,18-19H,2,12-13H2,1H3. The molecule has 0 saturated carbocycles. The smallest absolute Gasteiger partial charge is 0.129 e. The highest BCUT2D eigenvalue weighted by Crippen LogP contribution is 2.23. The molecule has 0 bridgehead atoms. The maximum Gasteiger partial charge on any atom is 0.129 e. The van der Waals surface area contributed by atoms with E-state index in [2.05, 4.69) is 5.32 Å². The van der Waals surface area contributed by atoms with Crippen molar-refractivity contribution in [1.82, 2.24) is 0 Å². The van der Waals surface area contributed by atoms with E-state index in [4.69, 9.17) is 9.47 Å². The van der Waals surface area contributed by atoms with Crippen molar-refractivity contribution in [2.45, 2.75) is 13.0 Å². The lowest BCUT2D eigenvalue weighted by Crippen LogP contribution is -2.24. The minimum atomic E-state index is -0.524. The number of hydrogen-bond acceptors (Lipinski definition) is 4. The quantitative estimate of drug-likeness (QED) is 0.782. The SMILES string of the molecule is CCOCC(O)CNc1cccc(Oc2ccccc2)c1. The number of benzene rings is 2. The van der Waals surface area contributed by atoms with Gasteiger partial charge in [-0.15, -0.1) is 0 Å². The van der Waals surface area contributed by atoms with Crippen LogP contribution in [0, 0.1) is 0 Å². The van der Waals surface area contributed by atoms with Crippen LogP contribution in [0.2, 0.25) is 0 Å². The molecule has 0 aromatic heterocycles. The fraction of sp³-hybridized carbons (Fsp3) is 0.294. The lowest BCUT2D eigenvalue weighted by Gasteiger charge is -2.13. The Morgan fingerprint density at radius 3 is 2.57 bits per heavy atom. The highest BCUT2D eigenvalue weighted by molar-refractivity contribution is 5.49. The van der Waals surface area contributed by atoms with Gasteiger partial charge in [0.1, 0.15) is 11.5 Å². The number of hydrogen-bond donors (Lipinski definition) is 2. The number of rotatable bonds is 8. The molecular weight excluding hydrogens is 266 g/mol. The molecular formula is C17H21NO3. The third-order valence-corrected chi connectivity index (χ3v) is 2.87. The van der Waals surface area contributed by atoms with E-state index in [9.17, 15) is 5.11 Å². The summed E-state index contributed by atoms with van der Waals surface area (Å²) in [6, 6.07) is 17.3. The molecule has 0 saturated heterocycles. The molecule has 0 spiro atoms. The zero-order valence-corrected chi connectivity index (χ0v) is 12.2. The van der Waals surface area contributed by atoms with Gasteiger partial charge in [0.25, 0.3) is 0 Å². The van der Waals surface area contributed by atoms with Crippen molar-refractivity contribution in [3.8, 4) is 11.5 Å². The van der Waals surface area contributed by atoms with Crippen molar-refractivity contribution in [1.29, 1.82) is 0 Å². The fourth-order valence-electron chi connectivity index (χ4n) is 1.84. The van der Waals surface area contributed by atoms with Gasteiger partial charge in [0.15, 0.2) is 0 Å². The summed E-state index contributed by atoms with van der Waals surface area (Å²) in [6.07, 6.45) is -0.524. The molecule has 0 aliphatic heterocycles. The Morgan fingerprint density at radius 2 is 1.81 bits per heavy atom. The van der Waals surface area contributed by atoms with Gasteiger partial charge < -0.3 is 19.9 Å². The molecule has 4 nitrogen and oxygen atoms in total. The molecule has 21 heavy (non-hydrogen) atoms. The van der Waals surface area contributed by atoms with Crippen molar-refractivity contribution in [3.05, 3.63) is 54.6 Å². The van der Waals surface area contributed by atoms with Gasteiger partial charge in [0.05, 0.1) is 12.7 Å². The van der Waals surface area contributed by atoms with Gasteiger partial charge >= 0.3 is 0 Å². The Kier molecular flexibility index (Phi) is 6.06. The van der Waals surface area contributed by atoms with Crippen LogP contribution in [0.4, 0.5) is 5.69 Å². The Hall–Kier alpha value is -2.04. The molecule has 2 rings (SSSR count). The molecule has 112 valence electrons. The molecule has 0 radical (unpaired) electrons. The average Bonchev–Trinajstić information content (AvgIpc) is 2.52. The highest BCUT2D eigenvalue weighted by atomic mass is 16.5.